The summed E-state index contributed by atoms with van der Waals surface area (Å²) in [5.41, 5.74) is 0.741. The molecule has 1 heterocycles. The van der Waals surface area contributed by atoms with Gasteiger partial charge in [-0.15, -0.1) is 23.1 Å². The summed E-state index contributed by atoms with van der Waals surface area (Å²) in [6.07, 6.45) is 0.845. The highest BCUT2D eigenvalue weighted by Crippen LogP contribution is 2.16. The zero-order valence-corrected chi connectivity index (χ0v) is 15.6. The van der Waals surface area contributed by atoms with Gasteiger partial charge in [0.1, 0.15) is 0 Å². The third kappa shape index (κ3) is 7.20. The number of carbonyl (C=O) groups excluding carboxylic acids is 2. The van der Waals surface area contributed by atoms with Crippen molar-refractivity contribution in [3.8, 4) is 0 Å². The van der Waals surface area contributed by atoms with E-state index in [-0.39, 0.29) is 23.3 Å². The second-order valence-corrected chi connectivity index (χ2v) is 7.66. The second kappa shape index (κ2) is 9.75. The fourth-order valence-electron chi connectivity index (χ4n) is 1.83. The zero-order chi connectivity index (χ0) is 16.5. The first-order valence-electron chi connectivity index (χ1n) is 7.06. The Balaban J connectivity index is 1.58. The molecule has 0 aliphatic heterocycles. The van der Waals surface area contributed by atoms with Crippen molar-refractivity contribution < 1.29 is 9.59 Å². The van der Waals surface area contributed by atoms with Crippen LogP contribution in [0.4, 0.5) is 5.69 Å². The fourth-order valence-corrected chi connectivity index (χ4v) is 3.59. The van der Waals surface area contributed by atoms with Gasteiger partial charge >= 0.3 is 0 Å². The summed E-state index contributed by atoms with van der Waals surface area (Å²) in [4.78, 5) is 24.7. The Hall–Kier alpha value is -1.31. The van der Waals surface area contributed by atoms with Gasteiger partial charge in [0.2, 0.25) is 11.8 Å². The van der Waals surface area contributed by atoms with Crippen molar-refractivity contribution in [2.45, 2.75) is 6.42 Å². The number of hydrogen-bond acceptors (Lipinski definition) is 4. The van der Waals surface area contributed by atoms with E-state index in [9.17, 15) is 9.59 Å². The van der Waals surface area contributed by atoms with E-state index in [0.29, 0.717) is 6.54 Å². The molecule has 0 aliphatic carbocycles. The van der Waals surface area contributed by atoms with E-state index in [2.05, 4.69) is 32.6 Å². The number of thiophene rings is 1. The maximum Gasteiger partial charge on any atom is 0.234 e. The Morgan fingerprint density at radius 1 is 1.13 bits per heavy atom. The first kappa shape index (κ1) is 18.0. The van der Waals surface area contributed by atoms with E-state index in [4.69, 9.17) is 0 Å². The van der Waals surface area contributed by atoms with E-state index < -0.39 is 0 Å². The highest BCUT2D eigenvalue weighted by Gasteiger charge is 2.06. The first-order chi connectivity index (χ1) is 11.1. The van der Waals surface area contributed by atoms with Crippen LogP contribution in [0.1, 0.15) is 4.88 Å². The van der Waals surface area contributed by atoms with Crippen LogP contribution in [-0.2, 0) is 16.0 Å². The molecule has 2 amide bonds. The first-order valence-corrected chi connectivity index (χ1v) is 9.88. The average molecular weight is 413 g/mol. The van der Waals surface area contributed by atoms with Gasteiger partial charge in [-0.1, -0.05) is 28.1 Å². The van der Waals surface area contributed by atoms with Crippen LogP contribution in [0.15, 0.2) is 46.3 Å². The third-order valence-electron chi connectivity index (χ3n) is 2.85. The molecule has 0 spiro atoms. The monoisotopic (exact) mass is 412 g/mol. The van der Waals surface area contributed by atoms with Crippen LogP contribution >= 0.6 is 39.0 Å². The lowest BCUT2D eigenvalue weighted by Gasteiger charge is -2.06. The minimum atomic E-state index is -0.112. The zero-order valence-electron chi connectivity index (χ0n) is 12.4. The summed E-state index contributed by atoms with van der Waals surface area (Å²) in [5, 5.41) is 7.68. The van der Waals surface area contributed by atoms with Gasteiger partial charge in [0, 0.05) is 21.6 Å². The lowest BCUT2D eigenvalue weighted by Crippen LogP contribution is -2.27. The van der Waals surface area contributed by atoms with Crippen LogP contribution in [0, 0.1) is 0 Å². The fraction of sp³-hybridized carbons (Fsp3) is 0.250. The number of hydrogen-bond donors (Lipinski definition) is 2. The Bertz CT molecular complexity index is 647. The van der Waals surface area contributed by atoms with Crippen molar-refractivity contribution in [1.82, 2.24) is 5.32 Å². The molecule has 2 aromatic rings. The molecule has 0 radical (unpaired) electrons. The molecule has 1 aromatic carbocycles. The predicted octanol–water partition coefficient (Wildman–Crippen LogP) is 3.54. The highest BCUT2D eigenvalue weighted by molar-refractivity contribution is 9.10. The minimum absolute atomic E-state index is 0.0400. The van der Waals surface area contributed by atoms with Crippen LogP contribution in [0.25, 0.3) is 0 Å². The number of rotatable bonds is 8. The molecule has 0 saturated heterocycles. The Labute approximate surface area is 152 Å². The van der Waals surface area contributed by atoms with Crippen molar-refractivity contribution >= 4 is 56.5 Å². The average Bonchev–Trinajstić information content (AvgIpc) is 3.00. The van der Waals surface area contributed by atoms with Crippen LogP contribution < -0.4 is 10.6 Å². The summed E-state index contributed by atoms with van der Waals surface area (Å²) in [6, 6.07) is 11.5. The van der Waals surface area contributed by atoms with Gasteiger partial charge in [-0.2, -0.15) is 0 Å². The minimum Gasteiger partial charge on any atom is -0.355 e. The normalized spacial score (nSPS) is 10.3. The molecule has 0 fully saturated rings. The smallest absolute Gasteiger partial charge is 0.234 e. The van der Waals surface area contributed by atoms with Gasteiger partial charge in [-0.05, 0) is 36.1 Å². The van der Waals surface area contributed by atoms with Crippen LogP contribution in [0.5, 0.6) is 0 Å². The molecule has 7 heteroatoms. The molecule has 4 nitrogen and oxygen atoms in total. The van der Waals surface area contributed by atoms with Crippen molar-refractivity contribution in [1.29, 1.82) is 0 Å². The van der Waals surface area contributed by atoms with Crippen molar-refractivity contribution in [2.75, 3.05) is 23.4 Å². The Morgan fingerprint density at radius 3 is 2.70 bits per heavy atom. The second-order valence-electron chi connectivity index (χ2n) is 4.73. The van der Waals surface area contributed by atoms with Crippen LogP contribution in [0.2, 0.25) is 0 Å². The predicted molar refractivity (Wildman–Crippen MR) is 101 cm³/mol. The highest BCUT2D eigenvalue weighted by atomic mass is 79.9. The topological polar surface area (TPSA) is 58.2 Å². The van der Waals surface area contributed by atoms with Gasteiger partial charge in [0.15, 0.2) is 0 Å². The lowest BCUT2D eigenvalue weighted by atomic mass is 10.3. The summed E-state index contributed by atoms with van der Waals surface area (Å²) in [6.45, 7) is 0.629. The van der Waals surface area contributed by atoms with Gasteiger partial charge in [0.05, 0.1) is 11.5 Å². The maximum atomic E-state index is 11.8. The molecule has 0 unspecified atom stereocenters. The molecule has 2 rings (SSSR count). The van der Waals surface area contributed by atoms with Crippen LogP contribution in [-0.4, -0.2) is 29.9 Å². The van der Waals surface area contributed by atoms with Gasteiger partial charge < -0.3 is 10.6 Å². The molecular formula is C16H17BrN2O2S2. The summed E-state index contributed by atoms with van der Waals surface area (Å²) < 4.78 is 0.910. The molecule has 23 heavy (non-hydrogen) atoms. The maximum absolute atomic E-state index is 11.8. The molecule has 0 aliphatic rings. The molecule has 0 atom stereocenters. The van der Waals surface area contributed by atoms with Crippen LogP contribution in [0.3, 0.4) is 0 Å². The van der Waals surface area contributed by atoms with Gasteiger partial charge in [-0.25, -0.2) is 0 Å². The third-order valence-corrected chi connectivity index (χ3v) is 5.21. The van der Waals surface area contributed by atoms with E-state index >= 15 is 0 Å². The SMILES string of the molecule is O=C(CSCC(=O)Nc1cccc(Br)c1)NCCc1cccs1. The number of anilines is 1. The van der Waals surface area contributed by atoms with E-state index in [1.807, 2.05) is 35.7 Å². The Morgan fingerprint density at radius 2 is 1.96 bits per heavy atom. The van der Waals surface area contributed by atoms with Gasteiger partial charge in [-0.3, -0.25) is 9.59 Å². The number of benzene rings is 1. The summed E-state index contributed by atoms with van der Waals surface area (Å²) in [7, 11) is 0. The summed E-state index contributed by atoms with van der Waals surface area (Å²) in [5.74, 6) is 0.391. The molecule has 0 bridgehead atoms. The number of carbonyl (C=O) groups is 2. The van der Waals surface area contributed by atoms with Gasteiger partial charge in [0.25, 0.3) is 0 Å². The van der Waals surface area contributed by atoms with Crippen molar-refractivity contribution in [2.24, 2.45) is 0 Å². The Kier molecular flexibility index (Phi) is 7.64. The molecular weight excluding hydrogens is 396 g/mol. The number of halogens is 1. The number of thioether (sulfide) groups is 1. The van der Waals surface area contributed by atoms with E-state index in [1.54, 1.807) is 11.3 Å². The summed E-state index contributed by atoms with van der Waals surface area (Å²) >= 11 is 6.35. The number of nitrogens with one attached hydrogen (secondary N) is 2. The molecule has 122 valence electrons. The van der Waals surface area contributed by atoms with E-state index in [0.717, 1.165) is 16.6 Å². The number of amides is 2. The lowest BCUT2D eigenvalue weighted by molar-refractivity contribution is -0.118. The molecule has 1 aromatic heterocycles. The molecule has 0 saturated carbocycles. The molecule has 2 N–H and O–H groups in total. The van der Waals surface area contributed by atoms with Crippen molar-refractivity contribution in [3.05, 3.63) is 51.1 Å². The van der Waals surface area contributed by atoms with Crippen molar-refractivity contribution in [3.63, 3.8) is 0 Å². The van der Waals surface area contributed by atoms with E-state index in [1.165, 1.54) is 16.6 Å². The standard InChI is InChI=1S/C16H17BrN2O2S2/c17-12-3-1-4-13(9-12)19-16(21)11-22-10-15(20)18-7-6-14-5-2-8-23-14/h1-5,8-9H,6-7,10-11H2,(H,18,20)(H,19,21). The quantitative estimate of drug-likeness (QED) is 0.696. The largest absolute Gasteiger partial charge is 0.355 e.